The molecular weight excluding hydrogens is 335 g/mol. The summed E-state index contributed by atoms with van der Waals surface area (Å²) in [4.78, 5) is 0. The van der Waals surface area contributed by atoms with Crippen LogP contribution >= 0.6 is 36.6 Å². The van der Waals surface area contributed by atoms with Crippen LogP contribution in [0.15, 0.2) is 0 Å². The van der Waals surface area contributed by atoms with Crippen LogP contribution in [0.5, 0.6) is 0 Å². The SMILES string of the molecule is CCCCCCS.CCCCCCSC(=S)[S-].CO.[Na+]. The van der Waals surface area contributed by atoms with Crippen molar-refractivity contribution >= 4 is 52.8 Å². The Balaban J connectivity index is -0.000000113. The van der Waals surface area contributed by atoms with Crippen LogP contribution in [0.1, 0.15) is 65.2 Å². The molecule has 0 heterocycles. The van der Waals surface area contributed by atoms with Gasteiger partial charge in [-0.15, -0.1) is 11.8 Å². The van der Waals surface area contributed by atoms with Crippen molar-refractivity contribution in [3.8, 4) is 0 Å². The summed E-state index contributed by atoms with van der Waals surface area (Å²) in [6.07, 6.45) is 10.6. The molecule has 0 amide bonds. The predicted molar refractivity (Wildman–Crippen MR) is 103 cm³/mol. The van der Waals surface area contributed by atoms with E-state index in [1.807, 2.05) is 0 Å². The minimum absolute atomic E-state index is 0. The smallest absolute Gasteiger partial charge is 0.422 e. The van der Waals surface area contributed by atoms with Gasteiger partial charge in [-0.3, -0.25) is 0 Å². The van der Waals surface area contributed by atoms with Crippen LogP contribution in [-0.2, 0) is 12.6 Å². The molecule has 0 atom stereocenters. The number of hydrogen-bond donors (Lipinski definition) is 2. The summed E-state index contributed by atoms with van der Waals surface area (Å²) in [7, 11) is 1.00. The van der Waals surface area contributed by atoms with Crippen molar-refractivity contribution < 1.29 is 34.7 Å². The molecule has 0 aromatic carbocycles. The van der Waals surface area contributed by atoms with Crippen molar-refractivity contribution in [3.63, 3.8) is 0 Å². The van der Waals surface area contributed by atoms with Crippen molar-refractivity contribution in [2.24, 2.45) is 0 Å². The summed E-state index contributed by atoms with van der Waals surface area (Å²) in [5.41, 5.74) is 0. The normalized spacial score (nSPS) is 8.45. The van der Waals surface area contributed by atoms with E-state index >= 15 is 0 Å². The Bertz CT molecular complexity index is 156. The fourth-order valence-electron chi connectivity index (χ4n) is 1.22. The van der Waals surface area contributed by atoms with Crippen LogP contribution in [0.2, 0.25) is 0 Å². The van der Waals surface area contributed by atoms with Gasteiger partial charge in [0, 0.05) is 7.11 Å². The number of unbranched alkanes of at least 4 members (excludes halogenated alkanes) is 6. The van der Waals surface area contributed by atoms with E-state index in [2.05, 4.69) is 26.5 Å². The van der Waals surface area contributed by atoms with E-state index in [0.29, 0.717) is 3.53 Å². The second-order valence-corrected chi connectivity index (χ2v) is 7.09. The molecule has 1 nitrogen and oxygen atoms in total. The Morgan fingerprint density at radius 1 is 1.00 bits per heavy atom. The number of rotatable bonds is 9. The fraction of sp³-hybridized carbons (Fsp3) is 0.929. The third-order valence-electron chi connectivity index (χ3n) is 2.23. The molecule has 0 aliphatic carbocycles. The van der Waals surface area contributed by atoms with Gasteiger partial charge in [0.05, 0.1) is 0 Å². The van der Waals surface area contributed by atoms with E-state index in [1.54, 1.807) is 11.8 Å². The van der Waals surface area contributed by atoms with Gasteiger partial charge in [-0.05, 0) is 24.3 Å². The van der Waals surface area contributed by atoms with Gasteiger partial charge < -0.3 is 30.0 Å². The minimum atomic E-state index is 0. The van der Waals surface area contributed by atoms with E-state index in [9.17, 15) is 0 Å². The molecular formula is C14H31NaOS4. The average molecular weight is 367 g/mol. The van der Waals surface area contributed by atoms with Crippen LogP contribution in [0.3, 0.4) is 0 Å². The maximum Gasteiger partial charge on any atom is 1.00 e. The maximum atomic E-state index is 7.00. The van der Waals surface area contributed by atoms with E-state index in [-0.39, 0.29) is 29.6 Å². The van der Waals surface area contributed by atoms with Gasteiger partial charge in [0.1, 0.15) is 0 Å². The first-order chi connectivity index (χ1) is 9.18. The van der Waals surface area contributed by atoms with Crippen LogP contribution in [0.4, 0.5) is 0 Å². The van der Waals surface area contributed by atoms with Crippen molar-refractivity contribution in [1.29, 1.82) is 0 Å². The monoisotopic (exact) mass is 366 g/mol. The van der Waals surface area contributed by atoms with Gasteiger partial charge in [0.25, 0.3) is 0 Å². The second-order valence-electron chi connectivity index (χ2n) is 3.94. The van der Waals surface area contributed by atoms with Gasteiger partial charge >= 0.3 is 29.6 Å². The van der Waals surface area contributed by atoms with Gasteiger partial charge in [0.15, 0.2) is 0 Å². The van der Waals surface area contributed by atoms with Crippen LogP contribution in [0, 0.1) is 0 Å². The molecule has 6 heteroatoms. The van der Waals surface area contributed by atoms with E-state index in [0.717, 1.165) is 18.6 Å². The van der Waals surface area contributed by atoms with E-state index < -0.39 is 0 Å². The Morgan fingerprint density at radius 3 is 1.80 bits per heavy atom. The third-order valence-corrected chi connectivity index (χ3v) is 3.98. The van der Waals surface area contributed by atoms with Crippen molar-refractivity contribution in [3.05, 3.63) is 0 Å². The molecule has 0 saturated carbocycles. The number of thiol groups is 1. The summed E-state index contributed by atoms with van der Waals surface area (Å²) >= 11 is 15.2. The Labute approximate surface area is 169 Å². The first kappa shape index (κ1) is 29.9. The third kappa shape index (κ3) is 42.7. The zero-order valence-corrected chi connectivity index (χ0v) is 19.0. The Morgan fingerprint density at radius 2 is 1.45 bits per heavy atom. The molecule has 0 aromatic rings. The van der Waals surface area contributed by atoms with E-state index in [1.165, 1.54) is 51.4 Å². The molecule has 0 bridgehead atoms. The first-order valence-electron chi connectivity index (χ1n) is 7.08. The minimum Gasteiger partial charge on any atom is -0.422 e. The Hall–Kier alpha value is 1.97. The van der Waals surface area contributed by atoms with Crippen molar-refractivity contribution in [1.82, 2.24) is 0 Å². The summed E-state index contributed by atoms with van der Waals surface area (Å²) in [6, 6.07) is 0. The topological polar surface area (TPSA) is 20.2 Å². The van der Waals surface area contributed by atoms with Gasteiger partial charge in [-0.25, -0.2) is 0 Å². The molecule has 0 aliphatic rings. The quantitative estimate of drug-likeness (QED) is 0.214. The summed E-state index contributed by atoms with van der Waals surface area (Å²) < 4.78 is 0.663. The molecule has 0 radical (unpaired) electrons. The van der Waals surface area contributed by atoms with Crippen LogP contribution < -0.4 is 29.6 Å². The largest absolute Gasteiger partial charge is 1.00 e. The van der Waals surface area contributed by atoms with Crippen molar-refractivity contribution in [2.75, 3.05) is 18.6 Å². The van der Waals surface area contributed by atoms with Gasteiger partial charge in [-0.2, -0.15) is 12.6 Å². The molecule has 0 aliphatic heterocycles. The molecule has 0 aromatic heterocycles. The number of aliphatic hydroxyl groups excluding tert-OH is 1. The summed E-state index contributed by atoms with van der Waals surface area (Å²) in [6.45, 7) is 4.43. The number of thiocarbonyl (C=S) groups is 1. The second kappa shape index (κ2) is 32.8. The van der Waals surface area contributed by atoms with Gasteiger partial charge in [-0.1, -0.05) is 55.9 Å². The molecule has 1 N–H and O–H groups in total. The molecule has 0 rings (SSSR count). The predicted octanol–water partition coefficient (Wildman–Crippen LogP) is 2.24. The standard InChI is InChI=1S/C7H14S3.C6H14S.CH4O.Na/c1-2-3-4-5-6-10-7(8)9;1-2-3-4-5-6-7;1-2;/h2-6H2,1H3,(H,8,9);7H,2-6H2,1H3;2H,1H3;/q;;;+1/p-1. The fourth-order valence-corrected chi connectivity index (χ4v) is 2.46. The molecule has 0 saturated heterocycles. The molecule has 0 spiro atoms. The van der Waals surface area contributed by atoms with E-state index in [4.69, 9.17) is 30.0 Å². The average Bonchev–Trinajstić information content (AvgIpc) is 2.42. The number of thioether (sulfide) groups is 1. The zero-order valence-electron chi connectivity index (χ0n) is 13.7. The summed E-state index contributed by atoms with van der Waals surface area (Å²) in [5, 5.41) is 7.00. The molecule has 118 valence electrons. The van der Waals surface area contributed by atoms with Gasteiger partial charge in [0.2, 0.25) is 0 Å². The molecule has 0 fully saturated rings. The Kier molecular flexibility index (Phi) is 49.1. The zero-order chi connectivity index (χ0) is 15.4. The van der Waals surface area contributed by atoms with Crippen LogP contribution in [-0.4, -0.2) is 27.3 Å². The summed E-state index contributed by atoms with van der Waals surface area (Å²) in [5.74, 6) is 2.17. The number of hydrogen-bond acceptors (Lipinski definition) is 5. The first-order valence-corrected chi connectivity index (χ1v) is 9.51. The molecule has 0 unspecified atom stereocenters. The maximum absolute atomic E-state index is 7.00. The molecule has 20 heavy (non-hydrogen) atoms. The van der Waals surface area contributed by atoms with Crippen LogP contribution in [0.25, 0.3) is 0 Å². The number of aliphatic hydroxyl groups is 1. The van der Waals surface area contributed by atoms with Crippen molar-refractivity contribution in [2.45, 2.75) is 65.2 Å².